The number of carbonyl (C=O) groups is 1. The predicted molar refractivity (Wildman–Crippen MR) is 139 cm³/mol. The number of amides is 1. The van der Waals surface area contributed by atoms with Crippen LogP contribution < -0.4 is 24.4 Å². The van der Waals surface area contributed by atoms with Gasteiger partial charge in [-0.15, -0.1) is 0 Å². The molecule has 0 unspecified atom stereocenters. The van der Waals surface area contributed by atoms with Crippen LogP contribution in [0.1, 0.15) is 33.3 Å². The fraction of sp³-hybridized carbons (Fsp3) is 0.214. The molecule has 0 atom stereocenters. The Balaban J connectivity index is 1.33. The first-order chi connectivity index (χ1) is 17.9. The van der Waals surface area contributed by atoms with E-state index < -0.39 is 5.91 Å². The van der Waals surface area contributed by atoms with Crippen molar-refractivity contribution in [2.75, 3.05) is 21.3 Å². The van der Waals surface area contributed by atoms with E-state index in [1.54, 1.807) is 24.3 Å². The molecule has 0 fully saturated rings. The highest BCUT2D eigenvalue weighted by molar-refractivity contribution is 5.92. The topological polar surface area (TPSA) is 96.5 Å². The van der Waals surface area contributed by atoms with Gasteiger partial charge in [0.15, 0.2) is 17.3 Å². The molecule has 0 bridgehead atoms. The number of aromatic nitrogens is 1. The van der Waals surface area contributed by atoms with Crippen molar-refractivity contribution < 1.29 is 28.2 Å². The van der Waals surface area contributed by atoms with Crippen molar-refractivity contribution in [2.45, 2.75) is 20.5 Å². The fourth-order valence-corrected chi connectivity index (χ4v) is 3.90. The first-order valence-electron chi connectivity index (χ1n) is 11.5. The summed E-state index contributed by atoms with van der Waals surface area (Å²) in [6.45, 7) is 4.32. The lowest BCUT2D eigenvalue weighted by atomic mass is 10.2. The molecule has 4 rings (SSSR count). The second-order valence-corrected chi connectivity index (χ2v) is 8.16. The zero-order valence-corrected chi connectivity index (χ0v) is 21.4. The summed E-state index contributed by atoms with van der Waals surface area (Å²) in [5.41, 5.74) is 6.50. The second-order valence-electron chi connectivity index (χ2n) is 8.16. The molecular formula is C28H29N3O6. The monoisotopic (exact) mass is 503 g/mol. The molecule has 2 aromatic carbocycles. The average Bonchev–Trinajstić information content (AvgIpc) is 3.53. The van der Waals surface area contributed by atoms with Gasteiger partial charge in [0.2, 0.25) is 5.75 Å². The smallest absolute Gasteiger partial charge is 0.307 e. The molecule has 37 heavy (non-hydrogen) atoms. The van der Waals surface area contributed by atoms with Gasteiger partial charge in [-0.05, 0) is 74.5 Å². The van der Waals surface area contributed by atoms with Crippen LogP contribution in [-0.4, -0.2) is 38.0 Å². The van der Waals surface area contributed by atoms with Crippen LogP contribution in [0.5, 0.6) is 23.0 Å². The number of ether oxygens (including phenoxy) is 4. The van der Waals surface area contributed by atoms with Crippen LogP contribution in [0, 0.1) is 13.8 Å². The first kappa shape index (κ1) is 25.4. The van der Waals surface area contributed by atoms with Crippen LogP contribution >= 0.6 is 0 Å². The van der Waals surface area contributed by atoms with Crippen LogP contribution in [0.3, 0.4) is 0 Å². The Morgan fingerprint density at radius 3 is 2.16 bits per heavy atom. The van der Waals surface area contributed by atoms with Crippen molar-refractivity contribution >= 4 is 12.1 Å². The molecule has 0 spiro atoms. The molecule has 0 aliphatic carbocycles. The van der Waals surface area contributed by atoms with Crippen LogP contribution in [-0.2, 0) is 6.61 Å². The summed E-state index contributed by atoms with van der Waals surface area (Å²) in [5.74, 6) is 2.28. The number of rotatable bonds is 10. The van der Waals surface area contributed by atoms with Gasteiger partial charge in [-0.25, -0.2) is 5.43 Å². The van der Waals surface area contributed by atoms with Gasteiger partial charge in [0.05, 0.1) is 27.5 Å². The third kappa shape index (κ3) is 5.78. The van der Waals surface area contributed by atoms with Crippen molar-refractivity contribution in [3.05, 3.63) is 89.1 Å². The minimum atomic E-state index is -0.489. The molecule has 0 saturated carbocycles. The Kier molecular flexibility index (Phi) is 7.83. The van der Waals surface area contributed by atoms with Crippen molar-refractivity contribution in [1.29, 1.82) is 0 Å². The lowest BCUT2D eigenvalue weighted by molar-refractivity contribution is 0.0923. The minimum absolute atomic E-state index is 0.120. The van der Waals surface area contributed by atoms with Gasteiger partial charge in [-0.2, -0.15) is 5.10 Å². The second kappa shape index (κ2) is 11.4. The molecule has 4 aromatic rings. The van der Waals surface area contributed by atoms with Gasteiger partial charge in [-0.1, -0.05) is 0 Å². The molecule has 1 amide bonds. The highest BCUT2D eigenvalue weighted by Gasteiger charge is 2.14. The summed E-state index contributed by atoms with van der Waals surface area (Å²) < 4.78 is 29.6. The summed E-state index contributed by atoms with van der Waals surface area (Å²) in [6.07, 6.45) is 1.47. The van der Waals surface area contributed by atoms with E-state index >= 15 is 0 Å². The molecule has 0 saturated heterocycles. The summed E-state index contributed by atoms with van der Waals surface area (Å²) in [6, 6.07) is 18.7. The van der Waals surface area contributed by atoms with Crippen molar-refractivity contribution in [3.8, 4) is 28.7 Å². The number of nitrogens with one attached hydrogen (secondary N) is 1. The Morgan fingerprint density at radius 1 is 0.919 bits per heavy atom. The van der Waals surface area contributed by atoms with Gasteiger partial charge >= 0.3 is 5.91 Å². The average molecular weight is 504 g/mol. The molecule has 1 N–H and O–H groups in total. The quantitative estimate of drug-likeness (QED) is 0.240. The molecule has 2 aromatic heterocycles. The van der Waals surface area contributed by atoms with Crippen molar-refractivity contribution in [1.82, 2.24) is 9.99 Å². The predicted octanol–water partition coefficient (Wildman–Crippen LogP) is 5.06. The molecule has 9 nitrogen and oxygen atoms in total. The van der Waals surface area contributed by atoms with Crippen LogP contribution in [0.4, 0.5) is 0 Å². The SMILES string of the molecule is COc1cc(/C=N/NC(=O)c2ccc(COc3ccc(-n4c(C)ccc4C)cc3)o2)cc(OC)c1OC. The Hall–Kier alpha value is -4.66. The van der Waals surface area contributed by atoms with E-state index in [1.165, 1.54) is 38.9 Å². The Labute approximate surface area is 215 Å². The highest BCUT2D eigenvalue weighted by atomic mass is 16.5. The van der Waals surface area contributed by atoms with E-state index in [-0.39, 0.29) is 12.4 Å². The first-order valence-corrected chi connectivity index (χ1v) is 11.5. The number of hydrogen-bond acceptors (Lipinski definition) is 7. The summed E-state index contributed by atoms with van der Waals surface area (Å²) in [7, 11) is 4.58. The van der Waals surface area contributed by atoms with E-state index in [0.717, 1.165) is 5.69 Å². The molecular weight excluding hydrogens is 474 g/mol. The van der Waals surface area contributed by atoms with E-state index in [0.29, 0.717) is 34.3 Å². The molecule has 192 valence electrons. The zero-order chi connectivity index (χ0) is 26.4. The van der Waals surface area contributed by atoms with Crippen LogP contribution in [0.25, 0.3) is 5.69 Å². The number of aryl methyl sites for hydroxylation is 2. The largest absolute Gasteiger partial charge is 0.493 e. The fourth-order valence-electron chi connectivity index (χ4n) is 3.90. The number of hydrogen-bond donors (Lipinski definition) is 1. The lowest BCUT2D eigenvalue weighted by Crippen LogP contribution is -2.16. The van der Waals surface area contributed by atoms with Crippen molar-refractivity contribution in [3.63, 3.8) is 0 Å². The third-order valence-corrected chi connectivity index (χ3v) is 5.70. The Bertz CT molecular complexity index is 1360. The van der Waals surface area contributed by atoms with E-state index in [2.05, 4.69) is 41.1 Å². The standard InChI is InChI=1S/C28H29N3O6/c1-18-6-7-19(2)31(18)21-8-10-22(11-9-21)36-17-23-12-13-24(37-23)28(32)30-29-16-20-14-25(33-3)27(35-5)26(15-20)34-4/h6-16H,17H2,1-5H3,(H,30,32)/b29-16+. The highest BCUT2D eigenvalue weighted by Crippen LogP contribution is 2.37. The number of carbonyl (C=O) groups excluding carboxylic acids is 1. The van der Waals surface area contributed by atoms with Gasteiger partial charge in [-0.3, -0.25) is 4.79 Å². The number of methoxy groups -OCH3 is 3. The molecule has 2 heterocycles. The molecule has 0 aliphatic rings. The molecule has 0 aliphatic heterocycles. The maximum Gasteiger partial charge on any atom is 0.307 e. The lowest BCUT2D eigenvalue weighted by Gasteiger charge is -2.12. The zero-order valence-electron chi connectivity index (χ0n) is 21.4. The van der Waals surface area contributed by atoms with Crippen LogP contribution in [0.2, 0.25) is 0 Å². The Morgan fingerprint density at radius 2 is 1.57 bits per heavy atom. The summed E-state index contributed by atoms with van der Waals surface area (Å²) in [4.78, 5) is 12.4. The number of nitrogens with zero attached hydrogens (tertiary/aromatic N) is 2. The van der Waals surface area contributed by atoms with Gasteiger partial charge < -0.3 is 27.9 Å². The minimum Gasteiger partial charge on any atom is -0.493 e. The van der Waals surface area contributed by atoms with E-state index in [1.807, 2.05) is 24.3 Å². The van der Waals surface area contributed by atoms with E-state index in [9.17, 15) is 4.79 Å². The van der Waals surface area contributed by atoms with Crippen LogP contribution in [0.15, 0.2) is 70.2 Å². The van der Waals surface area contributed by atoms with Gasteiger partial charge in [0.1, 0.15) is 18.1 Å². The summed E-state index contributed by atoms with van der Waals surface area (Å²) >= 11 is 0. The van der Waals surface area contributed by atoms with Gasteiger partial charge in [0.25, 0.3) is 0 Å². The number of benzene rings is 2. The summed E-state index contributed by atoms with van der Waals surface area (Å²) in [5, 5.41) is 4.00. The molecule has 9 heteroatoms. The normalized spacial score (nSPS) is 10.9. The maximum absolute atomic E-state index is 12.4. The number of hydrazone groups is 1. The maximum atomic E-state index is 12.4. The molecule has 0 radical (unpaired) electrons. The van der Waals surface area contributed by atoms with E-state index in [4.69, 9.17) is 23.4 Å². The number of furan rings is 1. The van der Waals surface area contributed by atoms with Crippen molar-refractivity contribution in [2.24, 2.45) is 5.10 Å². The van der Waals surface area contributed by atoms with Gasteiger partial charge in [0, 0.05) is 22.6 Å². The third-order valence-electron chi connectivity index (χ3n) is 5.70.